The molecule has 0 aromatic carbocycles. The third-order valence-corrected chi connectivity index (χ3v) is 6.31. The molecule has 0 aliphatic rings. The zero-order valence-corrected chi connectivity index (χ0v) is 22.8. The second-order valence-electron chi connectivity index (χ2n) is 9.00. The van der Waals surface area contributed by atoms with Gasteiger partial charge in [-0.2, -0.15) is 0 Å². The molecule has 0 fully saturated rings. The Kier molecular flexibility index (Phi) is 28.3. The number of alkyl halides is 1. The molecule has 0 spiro atoms. The van der Waals surface area contributed by atoms with E-state index in [9.17, 15) is 0 Å². The monoisotopic (exact) mass is 502 g/mol. The maximum atomic E-state index is 6.14. The zero-order chi connectivity index (χ0) is 22.7. The summed E-state index contributed by atoms with van der Waals surface area (Å²) in [6.07, 6.45) is 30.5. The van der Waals surface area contributed by atoms with Crippen molar-refractivity contribution in [3.05, 3.63) is 12.2 Å². The summed E-state index contributed by atoms with van der Waals surface area (Å²) in [6, 6.07) is 0. The van der Waals surface area contributed by atoms with Gasteiger partial charge < -0.3 is 9.47 Å². The van der Waals surface area contributed by atoms with Crippen LogP contribution in [0.3, 0.4) is 0 Å². The fourth-order valence-electron chi connectivity index (χ4n) is 3.81. The van der Waals surface area contributed by atoms with Crippen molar-refractivity contribution < 1.29 is 9.47 Å². The molecule has 0 amide bonds. The van der Waals surface area contributed by atoms with E-state index in [4.69, 9.17) is 9.47 Å². The van der Waals surface area contributed by atoms with E-state index in [-0.39, 0.29) is 6.29 Å². The molecule has 186 valence electrons. The van der Waals surface area contributed by atoms with Gasteiger partial charge in [0.1, 0.15) is 0 Å². The molecule has 0 N–H and O–H groups in total. The van der Waals surface area contributed by atoms with Crippen molar-refractivity contribution in [3.63, 3.8) is 0 Å². The number of unbranched alkanes of at least 4 members (excludes halogenated alkanes) is 15. The largest absolute Gasteiger partial charge is 0.353 e. The van der Waals surface area contributed by atoms with Crippen molar-refractivity contribution in [1.29, 1.82) is 0 Å². The molecule has 2 nitrogen and oxygen atoms in total. The van der Waals surface area contributed by atoms with E-state index in [0.717, 1.165) is 31.4 Å². The first-order valence-corrected chi connectivity index (χ1v) is 14.9. The first kappa shape index (κ1) is 31.1. The Balaban J connectivity index is 3.84. The fourth-order valence-corrected chi connectivity index (χ4v) is 4.08. The van der Waals surface area contributed by atoms with Crippen LogP contribution in [0.5, 0.6) is 0 Å². The van der Waals surface area contributed by atoms with Gasteiger partial charge in [-0.25, -0.2) is 0 Å². The van der Waals surface area contributed by atoms with Gasteiger partial charge >= 0.3 is 0 Å². The van der Waals surface area contributed by atoms with Crippen LogP contribution < -0.4 is 0 Å². The quantitative estimate of drug-likeness (QED) is 0.0506. The average molecular weight is 504 g/mol. The van der Waals surface area contributed by atoms with Gasteiger partial charge in [0.2, 0.25) is 0 Å². The first-order chi connectivity index (χ1) is 15.3. The molecule has 0 aromatic heterocycles. The van der Waals surface area contributed by atoms with Gasteiger partial charge in [0.05, 0.1) is 0 Å². The van der Waals surface area contributed by atoms with E-state index in [1.54, 1.807) is 0 Å². The van der Waals surface area contributed by atoms with E-state index in [1.165, 1.54) is 116 Å². The maximum absolute atomic E-state index is 6.14. The van der Waals surface area contributed by atoms with Crippen LogP contribution in [0.2, 0.25) is 0 Å². The third-order valence-electron chi connectivity index (χ3n) is 5.86. The molecule has 0 atom stereocenters. The molecule has 0 rings (SSSR count). The van der Waals surface area contributed by atoms with Gasteiger partial charge in [-0.1, -0.05) is 125 Å². The molecule has 31 heavy (non-hydrogen) atoms. The number of halogens is 1. The van der Waals surface area contributed by atoms with Crippen LogP contribution in [0.25, 0.3) is 0 Å². The maximum Gasteiger partial charge on any atom is 0.157 e. The van der Waals surface area contributed by atoms with Crippen LogP contribution in [0, 0.1) is 0 Å². The van der Waals surface area contributed by atoms with Crippen molar-refractivity contribution in [2.45, 2.75) is 149 Å². The van der Waals surface area contributed by atoms with E-state index < -0.39 is 0 Å². The van der Waals surface area contributed by atoms with Gasteiger partial charge in [0, 0.05) is 18.5 Å². The van der Waals surface area contributed by atoms with E-state index in [1.807, 2.05) is 0 Å². The normalized spacial score (nSPS) is 11.9. The smallest absolute Gasteiger partial charge is 0.157 e. The Labute approximate surface area is 204 Å². The van der Waals surface area contributed by atoms with Crippen LogP contribution in [0.15, 0.2) is 12.2 Å². The van der Waals surface area contributed by atoms with Crippen LogP contribution >= 0.6 is 15.9 Å². The predicted octanol–water partition coefficient (Wildman–Crippen LogP) is 10.1. The van der Waals surface area contributed by atoms with Crippen LogP contribution in [-0.4, -0.2) is 24.8 Å². The molecular weight excluding hydrogens is 448 g/mol. The minimum absolute atomic E-state index is 0.0264. The Morgan fingerprint density at radius 2 is 1.00 bits per heavy atom. The molecule has 0 aliphatic carbocycles. The highest BCUT2D eigenvalue weighted by molar-refractivity contribution is 9.09. The second kappa shape index (κ2) is 28.2. The van der Waals surface area contributed by atoms with Crippen molar-refractivity contribution in [1.82, 2.24) is 0 Å². The van der Waals surface area contributed by atoms with Gasteiger partial charge in [-0.3, -0.25) is 0 Å². The summed E-state index contributed by atoms with van der Waals surface area (Å²) < 4.78 is 12.3. The van der Waals surface area contributed by atoms with Gasteiger partial charge in [0.25, 0.3) is 0 Å². The second-order valence-corrected chi connectivity index (χ2v) is 9.79. The molecule has 0 saturated heterocycles. The molecule has 0 aliphatic heterocycles. The van der Waals surface area contributed by atoms with Crippen LogP contribution in [0.1, 0.15) is 142 Å². The standard InChI is InChI=1S/C28H55BrO2/c1-3-5-7-9-18-22-26-30-28(31-27-23-19-10-8-6-4-2)24-20-16-14-12-11-13-15-17-21-25-29/h15,17,28H,3-14,16,18-27H2,1-2H3/b17-15-. The topological polar surface area (TPSA) is 18.5 Å². The molecule has 0 aromatic rings. The number of allylic oxidation sites excluding steroid dienone is 2. The summed E-state index contributed by atoms with van der Waals surface area (Å²) in [5.74, 6) is 0. The first-order valence-electron chi connectivity index (χ1n) is 13.8. The Hall–Kier alpha value is 0.140. The van der Waals surface area contributed by atoms with Gasteiger partial charge in [-0.15, -0.1) is 0 Å². The molecule has 0 heterocycles. The lowest BCUT2D eigenvalue weighted by molar-refractivity contribution is -0.148. The van der Waals surface area contributed by atoms with E-state index in [2.05, 4.69) is 41.9 Å². The molecule has 0 saturated carbocycles. The van der Waals surface area contributed by atoms with Crippen molar-refractivity contribution in [3.8, 4) is 0 Å². The van der Waals surface area contributed by atoms with Gasteiger partial charge in [0.15, 0.2) is 6.29 Å². The number of ether oxygens (including phenoxy) is 2. The summed E-state index contributed by atoms with van der Waals surface area (Å²) in [6.45, 7) is 6.29. The lowest BCUT2D eigenvalue weighted by Crippen LogP contribution is -2.19. The third kappa shape index (κ3) is 26.3. The molecule has 0 unspecified atom stereocenters. The molecular formula is C28H55BrO2. The summed E-state index contributed by atoms with van der Waals surface area (Å²) in [5.41, 5.74) is 0. The summed E-state index contributed by atoms with van der Waals surface area (Å²) in [5, 5.41) is 1.08. The molecule has 0 radical (unpaired) electrons. The van der Waals surface area contributed by atoms with Crippen LogP contribution in [0.4, 0.5) is 0 Å². The highest BCUT2D eigenvalue weighted by atomic mass is 79.9. The fraction of sp³-hybridized carbons (Fsp3) is 0.929. The Morgan fingerprint density at radius 3 is 1.55 bits per heavy atom. The lowest BCUT2D eigenvalue weighted by atomic mass is 10.1. The SMILES string of the molecule is CCCCCCCCOC(CCCCCCC/C=C\CCBr)OCCCCCCCC. The Morgan fingerprint density at radius 1 is 0.548 bits per heavy atom. The zero-order valence-electron chi connectivity index (χ0n) is 21.2. The van der Waals surface area contributed by atoms with Crippen molar-refractivity contribution in [2.24, 2.45) is 0 Å². The van der Waals surface area contributed by atoms with E-state index >= 15 is 0 Å². The number of hydrogen-bond acceptors (Lipinski definition) is 2. The minimum Gasteiger partial charge on any atom is -0.353 e. The van der Waals surface area contributed by atoms with Gasteiger partial charge in [-0.05, 0) is 44.9 Å². The average Bonchev–Trinajstić information content (AvgIpc) is 2.78. The number of hydrogen-bond donors (Lipinski definition) is 0. The molecule has 3 heteroatoms. The summed E-state index contributed by atoms with van der Waals surface area (Å²) >= 11 is 3.46. The summed E-state index contributed by atoms with van der Waals surface area (Å²) in [7, 11) is 0. The van der Waals surface area contributed by atoms with E-state index in [0.29, 0.717) is 0 Å². The van der Waals surface area contributed by atoms with Crippen molar-refractivity contribution in [2.75, 3.05) is 18.5 Å². The highest BCUT2D eigenvalue weighted by Gasteiger charge is 2.09. The Bertz CT molecular complexity index is 328. The minimum atomic E-state index is 0.0264. The number of rotatable bonds is 26. The predicted molar refractivity (Wildman–Crippen MR) is 142 cm³/mol. The summed E-state index contributed by atoms with van der Waals surface area (Å²) in [4.78, 5) is 0. The van der Waals surface area contributed by atoms with Crippen LogP contribution in [-0.2, 0) is 9.47 Å². The lowest BCUT2D eigenvalue weighted by Gasteiger charge is -2.19. The highest BCUT2D eigenvalue weighted by Crippen LogP contribution is 2.14. The molecule has 0 bridgehead atoms. The van der Waals surface area contributed by atoms with Crippen molar-refractivity contribution >= 4 is 15.9 Å².